The number of carbonyl (C=O) groups is 2. The molecular weight excluding hydrogens is 419 g/mol. The van der Waals surface area contributed by atoms with E-state index >= 15 is 4.39 Å². The number of nitriles is 1. The second kappa shape index (κ2) is 9.35. The van der Waals surface area contributed by atoms with Crippen LogP contribution in [0.4, 0.5) is 4.39 Å². The minimum absolute atomic E-state index is 0.124. The van der Waals surface area contributed by atoms with Gasteiger partial charge in [0, 0.05) is 31.5 Å². The monoisotopic (exact) mass is 448 g/mol. The van der Waals surface area contributed by atoms with Gasteiger partial charge in [-0.1, -0.05) is 31.5 Å². The zero-order valence-corrected chi connectivity index (χ0v) is 19.2. The van der Waals surface area contributed by atoms with Crippen LogP contribution in [0.25, 0.3) is 0 Å². The van der Waals surface area contributed by atoms with Crippen molar-refractivity contribution in [3.63, 3.8) is 0 Å². The lowest BCUT2D eigenvalue weighted by Crippen LogP contribution is -2.44. The number of carbonyl (C=O) groups excluding carboxylic acids is 2. The van der Waals surface area contributed by atoms with Gasteiger partial charge in [-0.2, -0.15) is 5.26 Å². The van der Waals surface area contributed by atoms with E-state index in [0.717, 1.165) is 30.4 Å². The van der Waals surface area contributed by atoms with Crippen LogP contribution in [-0.4, -0.2) is 37.0 Å². The number of hydrogen-bond donors (Lipinski definition) is 0. The van der Waals surface area contributed by atoms with Crippen molar-refractivity contribution in [3.8, 4) is 6.07 Å². The number of nitrogens with zero attached hydrogens (tertiary/aromatic N) is 2. The van der Waals surface area contributed by atoms with E-state index in [1.54, 1.807) is 35.2 Å². The lowest BCUT2D eigenvalue weighted by atomic mass is 9.74. The fourth-order valence-electron chi connectivity index (χ4n) is 4.98. The maximum Gasteiger partial charge on any atom is 0.338 e. The van der Waals surface area contributed by atoms with Gasteiger partial charge >= 0.3 is 5.97 Å². The molecule has 0 bridgehead atoms. The minimum Gasteiger partial charge on any atom is -0.465 e. The van der Waals surface area contributed by atoms with E-state index in [4.69, 9.17) is 10.00 Å². The van der Waals surface area contributed by atoms with E-state index in [2.05, 4.69) is 6.07 Å². The lowest BCUT2D eigenvalue weighted by molar-refractivity contribution is 0.0419. The number of piperidine rings is 1. The molecule has 0 atom stereocenters. The van der Waals surface area contributed by atoms with Crippen molar-refractivity contribution >= 4 is 11.9 Å². The van der Waals surface area contributed by atoms with Gasteiger partial charge in [-0.05, 0) is 60.1 Å². The maximum atomic E-state index is 15.7. The van der Waals surface area contributed by atoms with Crippen LogP contribution in [0.2, 0.25) is 0 Å². The molecule has 4 rings (SSSR count). The second-order valence-corrected chi connectivity index (χ2v) is 8.98. The molecule has 1 saturated heterocycles. The van der Waals surface area contributed by atoms with Gasteiger partial charge in [0.15, 0.2) is 0 Å². The van der Waals surface area contributed by atoms with Gasteiger partial charge in [-0.25, -0.2) is 9.18 Å². The molecule has 0 spiro atoms. The number of hydrogen-bond acceptors (Lipinski definition) is 4. The Bertz CT molecular complexity index is 1090. The van der Waals surface area contributed by atoms with Crippen LogP contribution in [0.1, 0.15) is 87.9 Å². The third kappa shape index (κ3) is 4.25. The first-order valence-corrected chi connectivity index (χ1v) is 11.6. The van der Waals surface area contributed by atoms with E-state index in [1.807, 2.05) is 13.0 Å². The van der Waals surface area contributed by atoms with Gasteiger partial charge in [0.25, 0.3) is 5.91 Å². The smallest absolute Gasteiger partial charge is 0.338 e. The minimum atomic E-state index is -1.52. The standard InChI is InChI=1S/C27H29FN2O3/c1-3-19-9-12-22(26(32)33-2)23(20-5-4-6-20)24(19)25(31)30-15-13-27(28,14-16-30)21-10-7-18(17-29)8-11-21/h7-12,20H,3-6,13-16H2,1-2H3. The summed E-state index contributed by atoms with van der Waals surface area (Å²) in [6.45, 7) is 2.60. The van der Waals surface area contributed by atoms with Crippen LogP contribution in [0, 0.1) is 11.3 Å². The van der Waals surface area contributed by atoms with Gasteiger partial charge in [-0.3, -0.25) is 4.79 Å². The van der Waals surface area contributed by atoms with Crippen LogP contribution in [-0.2, 0) is 16.8 Å². The van der Waals surface area contributed by atoms with Gasteiger partial charge in [0.2, 0.25) is 0 Å². The molecule has 1 amide bonds. The van der Waals surface area contributed by atoms with E-state index in [0.29, 0.717) is 41.8 Å². The van der Waals surface area contributed by atoms with Crippen LogP contribution < -0.4 is 0 Å². The predicted octanol–water partition coefficient (Wildman–Crippen LogP) is 5.28. The van der Waals surface area contributed by atoms with Crippen LogP contribution in [0.15, 0.2) is 36.4 Å². The highest BCUT2D eigenvalue weighted by molar-refractivity contribution is 6.02. The number of aryl methyl sites for hydroxylation is 1. The number of methoxy groups -OCH3 is 1. The fraction of sp³-hybridized carbons (Fsp3) is 0.444. The number of halogens is 1. The summed E-state index contributed by atoms with van der Waals surface area (Å²) in [5.74, 6) is -0.370. The molecule has 0 radical (unpaired) electrons. The Hall–Kier alpha value is -3.20. The first kappa shape index (κ1) is 23.0. The molecule has 0 aromatic heterocycles. The largest absolute Gasteiger partial charge is 0.465 e. The zero-order valence-electron chi connectivity index (χ0n) is 19.2. The van der Waals surface area contributed by atoms with Gasteiger partial charge < -0.3 is 9.64 Å². The number of ether oxygens (including phenoxy) is 1. The molecule has 6 heteroatoms. The molecule has 0 unspecified atom stereocenters. The molecule has 2 aromatic rings. The summed E-state index contributed by atoms with van der Waals surface area (Å²) in [6.07, 6.45) is 4.04. The maximum absolute atomic E-state index is 15.7. The van der Waals surface area contributed by atoms with Crippen molar-refractivity contribution < 1.29 is 18.7 Å². The highest BCUT2D eigenvalue weighted by Crippen LogP contribution is 2.43. The molecule has 0 N–H and O–H groups in total. The predicted molar refractivity (Wildman–Crippen MR) is 123 cm³/mol. The molecule has 172 valence electrons. The highest BCUT2D eigenvalue weighted by atomic mass is 19.1. The van der Waals surface area contributed by atoms with Crippen molar-refractivity contribution in [1.29, 1.82) is 5.26 Å². The van der Waals surface area contributed by atoms with E-state index in [-0.39, 0.29) is 24.7 Å². The van der Waals surface area contributed by atoms with Crippen molar-refractivity contribution in [2.45, 2.75) is 57.0 Å². The molecular formula is C27H29FN2O3. The number of esters is 1. The summed E-state index contributed by atoms with van der Waals surface area (Å²) in [5.41, 5.74) is 2.32. The molecule has 2 fully saturated rings. The van der Waals surface area contributed by atoms with Crippen LogP contribution in [0.5, 0.6) is 0 Å². The number of alkyl halides is 1. The molecule has 1 aliphatic carbocycles. The lowest BCUT2D eigenvalue weighted by Gasteiger charge is -2.38. The SMILES string of the molecule is CCc1ccc(C(=O)OC)c(C2CCC2)c1C(=O)N1CCC(F)(c2ccc(C#N)cc2)CC1. The Morgan fingerprint density at radius 3 is 2.33 bits per heavy atom. The molecule has 33 heavy (non-hydrogen) atoms. The average Bonchev–Trinajstić information content (AvgIpc) is 2.82. The van der Waals surface area contributed by atoms with Gasteiger partial charge in [-0.15, -0.1) is 0 Å². The molecule has 2 aliphatic rings. The summed E-state index contributed by atoms with van der Waals surface area (Å²) >= 11 is 0. The summed E-state index contributed by atoms with van der Waals surface area (Å²) in [5, 5.41) is 8.99. The second-order valence-electron chi connectivity index (χ2n) is 8.98. The number of likely N-dealkylation sites (tertiary alicyclic amines) is 1. The highest BCUT2D eigenvalue weighted by Gasteiger charge is 2.39. The molecule has 2 aromatic carbocycles. The van der Waals surface area contributed by atoms with Crippen molar-refractivity contribution in [3.05, 3.63) is 69.8 Å². The summed E-state index contributed by atoms with van der Waals surface area (Å²) in [4.78, 5) is 28.0. The molecule has 1 saturated carbocycles. The van der Waals surface area contributed by atoms with E-state index < -0.39 is 11.6 Å². The molecule has 1 heterocycles. The average molecular weight is 449 g/mol. The summed E-state index contributed by atoms with van der Waals surface area (Å²) in [7, 11) is 1.36. The number of benzene rings is 2. The number of amides is 1. The quantitative estimate of drug-likeness (QED) is 0.584. The van der Waals surface area contributed by atoms with Crippen molar-refractivity contribution in [1.82, 2.24) is 4.90 Å². The molecule has 5 nitrogen and oxygen atoms in total. The first-order valence-electron chi connectivity index (χ1n) is 11.6. The third-order valence-electron chi connectivity index (χ3n) is 7.22. The van der Waals surface area contributed by atoms with Gasteiger partial charge in [0.1, 0.15) is 5.67 Å². The topological polar surface area (TPSA) is 70.4 Å². The Labute approximate surface area is 194 Å². The fourth-order valence-corrected chi connectivity index (χ4v) is 4.98. The Morgan fingerprint density at radius 2 is 1.82 bits per heavy atom. The van der Waals surface area contributed by atoms with E-state index in [1.165, 1.54) is 7.11 Å². The normalized spacial score (nSPS) is 17.7. The Morgan fingerprint density at radius 1 is 1.15 bits per heavy atom. The van der Waals surface area contributed by atoms with Crippen LogP contribution >= 0.6 is 0 Å². The third-order valence-corrected chi connectivity index (χ3v) is 7.22. The Kier molecular flexibility index (Phi) is 6.51. The molecule has 1 aliphatic heterocycles. The first-order chi connectivity index (χ1) is 15.9. The number of rotatable bonds is 5. The van der Waals surface area contributed by atoms with Crippen LogP contribution in [0.3, 0.4) is 0 Å². The zero-order chi connectivity index (χ0) is 23.6. The summed E-state index contributed by atoms with van der Waals surface area (Å²) in [6, 6.07) is 12.3. The Balaban J connectivity index is 1.62. The summed E-state index contributed by atoms with van der Waals surface area (Å²) < 4.78 is 20.7. The van der Waals surface area contributed by atoms with Gasteiger partial charge in [0.05, 0.1) is 24.3 Å². The van der Waals surface area contributed by atoms with Crippen molar-refractivity contribution in [2.24, 2.45) is 0 Å². The van der Waals surface area contributed by atoms with Crippen molar-refractivity contribution in [2.75, 3.05) is 20.2 Å². The van der Waals surface area contributed by atoms with E-state index in [9.17, 15) is 9.59 Å².